The van der Waals surface area contributed by atoms with Crippen molar-refractivity contribution in [1.82, 2.24) is 0 Å². The summed E-state index contributed by atoms with van der Waals surface area (Å²) in [5.41, 5.74) is 1.10. The largest absolute Gasteiger partial charge is 0.481 e. The predicted molar refractivity (Wildman–Crippen MR) is 82.3 cm³/mol. The van der Waals surface area contributed by atoms with Crippen molar-refractivity contribution in [2.75, 3.05) is 31.2 Å². The monoisotopic (exact) mass is 309 g/mol. The highest BCUT2D eigenvalue weighted by Crippen LogP contribution is 2.46. The lowest BCUT2D eigenvalue weighted by Gasteiger charge is -2.35. The van der Waals surface area contributed by atoms with Gasteiger partial charge < -0.3 is 14.7 Å². The third-order valence-electron chi connectivity index (χ3n) is 4.69. The van der Waals surface area contributed by atoms with Crippen molar-refractivity contribution < 1.29 is 14.6 Å². The van der Waals surface area contributed by atoms with Crippen LogP contribution in [0.3, 0.4) is 0 Å². The minimum absolute atomic E-state index is 0.606. The lowest BCUT2D eigenvalue weighted by atomic mass is 9.77. The highest BCUT2D eigenvalue weighted by atomic mass is 35.5. The Hall–Kier alpha value is -1.26. The van der Waals surface area contributed by atoms with Crippen LogP contribution in [0.1, 0.15) is 31.2 Å². The summed E-state index contributed by atoms with van der Waals surface area (Å²) in [7, 11) is 0. The molecule has 0 bridgehead atoms. The molecule has 4 nitrogen and oxygen atoms in total. The van der Waals surface area contributed by atoms with E-state index in [4.69, 9.17) is 16.3 Å². The number of halogens is 1. The number of anilines is 1. The van der Waals surface area contributed by atoms with E-state index in [2.05, 4.69) is 4.90 Å². The number of aliphatic carboxylic acids is 1. The molecular weight excluding hydrogens is 290 g/mol. The van der Waals surface area contributed by atoms with Crippen LogP contribution in [-0.4, -0.2) is 37.4 Å². The number of carbonyl (C=O) groups is 1. The van der Waals surface area contributed by atoms with Crippen molar-refractivity contribution in [1.29, 1.82) is 0 Å². The minimum Gasteiger partial charge on any atom is -0.481 e. The number of ether oxygens (including phenoxy) is 1. The van der Waals surface area contributed by atoms with Gasteiger partial charge in [0.05, 0.1) is 18.6 Å². The first-order valence-electron chi connectivity index (χ1n) is 7.50. The van der Waals surface area contributed by atoms with Crippen LogP contribution in [-0.2, 0) is 14.9 Å². The highest BCUT2D eigenvalue weighted by Gasteiger charge is 2.45. The van der Waals surface area contributed by atoms with Crippen LogP contribution >= 0.6 is 11.6 Å². The van der Waals surface area contributed by atoms with Crippen LogP contribution in [0.2, 0.25) is 5.02 Å². The van der Waals surface area contributed by atoms with Gasteiger partial charge in [-0.1, -0.05) is 24.4 Å². The van der Waals surface area contributed by atoms with E-state index >= 15 is 0 Å². The molecule has 0 radical (unpaired) electrons. The molecule has 0 aromatic heterocycles. The third-order valence-corrected chi connectivity index (χ3v) is 4.93. The molecule has 1 saturated carbocycles. The summed E-state index contributed by atoms with van der Waals surface area (Å²) in [6.45, 7) is 2.96. The predicted octanol–water partition coefficient (Wildman–Crippen LogP) is 3.07. The quantitative estimate of drug-likeness (QED) is 0.932. The molecule has 1 aromatic rings. The molecule has 0 amide bonds. The Balaban J connectivity index is 2.07. The minimum atomic E-state index is -0.779. The second kappa shape index (κ2) is 5.85. The Morgan fingerprint density at radius 1 is 1.24 bits per heavy atom. The van der Waals surface area contributed by atoms with Gasteiger partial charge in [0.2, 0.25) is 0 Å². The summed E-state index contributed by atoms with van der Waals surface area (Å²) >= 11 is 6.16. The second-order valence-corrected chi connectivity index (χ2v) is 6.29. The zero-order valence-corrected chi connectivity index (χ0v) is 12.7. The Morgan fingerprint density at radius 2 is 1.90 bits per heavy atom. The van der Waals surface area contributed by atoms with Crippen molar-refractivity contribution in [2.45, 2.75) is 31.1 Å². The van der Waals surface area contributed by atoms with Crippen molar-refractivity contribution in [3.63, 3.8) is 0 Å². The van der Waals surface area contributed by atoms with Gasteiger partial charge in [-0.15, -0.1) is 0 Å². The van der Waals surface area contributed by atoms with Gasteiger partial charge in [0, 0.05) is 23.8 Å². The van der Waals surface area contributed by atoms with E-state index in [1.54, 1.807) is 0 Å². The summed E-state index contributed by atoms with van der Waals surface area (Å²) in [6, 6.07) is 5.66. The Morgan fingerprint density at radius 3 is 2.52 bits per heavy atom. The lowest BCUT2D eigenvalue weighted by molar-refractivity contribution is -0.143. The molecule has 1 aliphatic heterocycles. The fraction of sp³-hybridized carbons (Fsp3) is 0.562. The average molecular weight is 310 g/mol. The summed E-state index contributed by atoms with van der Waals surface area (Å²) < 4.78 is 5.40. The van der Waals surface area contributed by atoms with Crippen molar-refractivity contribution in [3.05, 3.63) is 28.8 Å². The zero-order valence-electron chi connectivity index (χ0n) is 12.0. The van der Waals surface area contributed by atoms with Crippen molar-refractivity contribution in [3.8, 4) is 0 Å². The molecule has 1 saturated heterocycles. The summed E-state index contributed by atoms with van der Waals surface area (Å²) in [5, 5.41) is 10.5. The van der Waals surface area contributed by atoms with E-state index in [0.29, 0.717) is 31.1 Å². The molecule has 0 unspecified atom stereocenters. The fourth-order valence-electron chi connectivity index (χ4n) is 3.55. The molecule has 3 rings (SSSR count). The van der Waals surface area contributed by atoms with Gasteiger partial charge in [-0.2, -0.15) is 0 Å². The molecule has 1 heterocycles. The maximum absolute atomic E-state index is 12.0. The van der Waals surface area contributed by atoms with Crippen LogP contribution in [0.5, 0.6) is 0 Å². The molecule has 5 heteroatoms. The van der Waals surface area contributed by atoms with Gasteiger partial charge >= 0.3 is 5.97 Å². The number of hydrogen-bond acceptors (Lipinski definition) is 3. The van der Waals surface area contributed by atoms with Gasteiger partial charge in [0.15, 0.2) is 0 Å². The summed E-state index contributed by atoms with van der Waals surface area (Å²) in [4.78, 5) is 14.2. The number of rotatable bonds is 3. The lowest BCUT2D eigenvalue weighted by Crippen LogP contribution is -2.40. The first kappa shape index (κ1) is 14.7. The highest BCUT2D eigenvalue weighted by molar-refractivity contribution is 6.30. The molecule has 1 aliphatic carbocycles. The maximum atomic E-state index is 12.0. The smallest absolute Gasteiger partial charge is 0.314 e. The van der Waals surface area contributed by atoms with E-state index in [0.717, 1.165) is 37.2 Å². The molecule has 1 aromatic carbocycles. The molecule has 1 N–H and O–H groups in total. The van der Waals surface area contributed by atoms with Crippen LogP contribution in [0.4, 0.5) is 5.69 Å². The SMILES string of the molecule is O=C(O)C1(c2cc(Cl)ccc2N2CCOCC2)CCCC1. The second-order valence-electron chi connectivity index (χ2n) is 5.86. The number of nitrogens with zero attached hydrogens (tertiary/aromatic N) is 1. The number of morpholine rings is 1. The van der Waals surface area contributed by atoms with Gasteiger partial charge in [-0.25, -0.2) is 0 Å². The van der Waals surface area contributed by atoms with Gasteiger partial charge in [-0.3, -0.25) is 4.79 Å². The third kappa shape index (κ3) is 2.62. The molecule has 2 fully saturated rings. The molecule has 21 heavy (non-hydrogen) atoms. The standard InChI is InChI=1S/C16H20ClNO3/c17-12-3-4-14(18-7-9-21-10-8-18)13(11-12)16(15(19)20)5-1-2-6-16/h3-4,11H,1-2,5-10H2,(H,19,20). The van der Waals surface area contributed by atoms with E-state index in [9.17, 15) is 9.90 Å². The first-order chi connectivity index (χ1) is 10.1. The normalized spacial score (nSPS) is 21.5. The van der Waals surface area contributed by atoms with Gasteiger partial charge in [0.25, 0.3) is 0 Å². The van der Waals surface area contributed by atoms with E-state index in [1.807, 2.05) is 18.2 Å². The average Bonchev–Trinajstić information content (AvgIpc) is 2.99. The van der Waals surface area contributed by atoms with Crippen LogP contribution < -0.4 is 4.90 Å². The zero-order chi connectivity index (χ0) is 14.9. The first-order valence-corrected chi connectivity index (χ1v) is 7.87. The molecule has 2 aliphatic rings. The van der Waals surface area contributed by atoms with E-state index in [1.165, 1.54) is 0 Å². The van der Waals surface area contributed by atoms with Crippen LogP contribution in [0.15, 0.2) is 18.2 Å². The van der Waals surface area contributed by atoms with E-state index < -0.39 is 11.4 Å². The Labute approximate surface area is 129 Å². The number of benzene rings is 1. The maximum Gasteiger partial charge on any atom is 0.314 e. The van der Waals surface area contributed by atoms with Crippen molar-refractivity contribution in [2.24, 2.45) is 0 Å². The molecule has 114 valence electrons. The topological polar surface area (TPSA) is 49.8 Å². The van der Waals surface area contributed by atoms with Crippen LogP contribution in [0.25, 0.3) is 0 Å². The molecular formula is C16H20ClNO3. The Bertz CT molecular complexity index is 534. The van der Waals surface area contributed by atoms with E-state index in [-0.39, 0.29) is 0 Å². The Kier molecular flexibility index (Phi) is 4.09. The summed E-state index contributed by atoms with van der Waals surface area (Å²) in [5.74, 6) is -0.725. The van der Waals surface area contributed by atoms with Crippen molar-refractivity contribution >= 4 is 23.3 Å². The number of hydrogen-bond donors (Lipinski definition) is 1. The number of carboxylic acid groups (broad SMARTS) is 1. The molecule has 0 spiro atoms. The van der Waals surface area contributed by atoms with Crippen LogP contribution in [0, 0.1) is 0 Å². The summed E-state index contributed by atoms with van der Waals surface area (Å²) in [6.07, 6.45) is 3.31. The van der Waals surface area contributed by atoms with Gasteiger partial charge in [0.1, 0.15) is 0 Å². The number of carboxylic acids is 1. The van der Waals surface area contributed by atoms with Gasteiger partial charge in [-0.05, 0) is 36.6 Å². The molecule has 0 atom stereocenters. The fourth-order valence-corrected chi connectivity index (χ4v) is 3.72.